The maximum Gasteiger partial charge on any atom is 0.0991 e. The number of alkyl halides is 1. The molecule has 0 saturated heterocycles. The van der Waals surface area contributed by atoms with Crippen molar-refractivity contribution >= 4 is 55.9 Å². The Morgan fingerprint density at radius 3 is 1.23 bits per heavy atom. The summed E-state index contributed by atoms with van der Waals surface area (Å²) in [5, 5.41) is 16.9. The van der Waals surface area contributed by atoms with Crippen LogP contribution >= 0.6 is 55.9 Å². The molecule has 40 heavy (non-hydrogen) atoms. The zero-order chi connectivity index (χ0) is 35.3. The highest BCUT2D eigenvalue weighted by molar-refractivity contribution is 9.10. The van der Waals surface area contributed by atoms with Crippen LogP contribution in [-0.4, -0.2) is 0 Å². The van der Waals surface area contributed by atoms with Crippen LogP contribution in [0.5, 0.6) is 0 Å². The molecule has 0 spiro atoms. The van der Waals surface area contributed by atoms with Crippen molar-refractivity contribution in [2.45, 2.75) is 38.9 Å². The van der Waals surface area contributed by atoms with E-state index in [1.165, 1.54) is 19.1 Å². The Kier molecular flexibility index (Phi) is 15.8. The van der Waals surface area contributed by atoms with Crippen molar-refractivity contribution < 1.29 is 11.0 Å². The highest BCUT2D eigenvalue weighted by Gasteiger charge is 1.90. The number of hydrogen-bond donors (Lipinski definition) is 2. The third kappa shape index (κ3) is 17.1. The first-order valence-electron chi connectivity index (χ1n) is 15.1. The molecule has 0 bridgehead atoms. The van der Waals surface area contributed by atoms with Crippen LogP contribution in [0.15, 0.2) is 106 Å². The van der Waals surface area contributed by atoms with Crippen LogP contribution < -0.4 is 11.9 Å². The van der Waals surface area contributed by atoms with Crippen molar-refractivity contribution in [2.75, 3.05) is 0 Å². The summed E-state index contributed by atoms with van der Waals surface area (Å²) >= 11 is 12.0. The normalized spacial score (nSPS) is 13.1. The number of halogens is 4. The second-order valence-electron chi connectivity index (χ2n) is 7.13. The molecule has 0 saturated carbocycles. The third-order valence-electron chi connectivity index (χ3n) is 4.57. The standard InChI is InChI=1S/C9H9N.C8H9Br.C8H8N2.C7H6BrCl.ClH.H3N/c1-2-8-3-5-9(7-10)6-4-8;1-2-7-3-5-8(9)6-4-7;9-5-7-1-2-8(6-10)4-3-7;8-7-3-1-6(5-9)2-4-7;;/h3-6H,2H2,1H3;3-6H,2H2,1H3;1-4H,5,9H2;1-4H,5H2;1H;1H3/i2*2D2;2*5D2;;. The smallest absolute Gasteiger partial charge is 0.0991 e. The Balaban J connectivity index is 0. The minimum absolute atomic E-state index is 0. The summed E-state index contributed by atoms with van der Waals surface area (Å²) < 4.78 is 60.1. The van der Waals surface area contributed by atoms with E-state index in [0.29, 0.717) is 33.4 Å². The molecule has 0 aliphatic rings. The van der Waals surface area contributed by atoms with Gasteiger partial charge in [0.15, 0.2) is 0 Å². The van der Waals surface area contributed by atoms with Crippen LogP contribution in [-0.2, 0) is 25.1 Å². The molecule has 4 aromatic rings. The number of nitriles is 2. The Labute approximate surface area is 278 Å². The maximum absolute atomic E-state index is 8.49. The summed E-state index contributed by atoms with van der Waals surface area (Å²) in [6.45, 7) is 1.22. The molecule has 212 valence electrons. The summed E-state index contributed by atoms with van der Waals surface area (Å²) in [7, 11) is 0. The van der Waals surface area contributed by atoms with Crippen molar-refractivity contribution in [1.29, 1.82) is 10.5 Å². The summed E-state index contributed by atoms with van der Waals surface area (Å²) in [6.07, 6.45) is -2.56. The van der Waals surface area contributed by atoms with Gasteiger partial charge in [-0.1, -0.05) is 94.2 Å². The van der Waals surface area contributed by atoms with Gasteiger partial charge in [-0.05, 0) is 83.5 Å². The van der Waals surface area contributed by atoms with E-state index < -0.39 is 25.1 Å². The number of benzene rings is 4. The molecule has 5 N–H and O–H groups in total. The van der Waals surface area contributed by atoms with Crippen LogP contribution in [0.25, 0.3) is 0 Å². The lowest BCUT2D eigenvalue weighted by Gasteiger charge is -1.93. The van der Waals surface area contributed by atoms with Gasteiger partial charge < -0.3 is 11.9 Å². The first-order valence-corrected chi connectivity index (χ1v) is 13.1. The molecule has 4 aromatic carbocycles. The monoisotopic (exact) mass is 712 g/mol. The number of nitrogens with zero attached hydrogens (tertiary/aromatic N) is 2. The molecule has 0 amide bonds. The van der Waals surface area contributed by atoms with Crippen LogP contribution in [0.3, 0.4) is 0 Å². The topological polar surface area (TPSA) is 109 Å². The molecule has 0 unspecified atom stereocenters. The Hall–Kier alpha value is -2.68. The fourth-order valence-corrected chi connectivity index (χ4v) is 3.14. The van der Waals surface area contributed by atoms with E-state index in [-0.39, 0.29) is 18.6 Å². The second-order valence-corrected chi connectivity index (χ2v) is 9.15. The highest BCUT2D eigenvalue weighted by atomic mass is 79.9. The molecule has 4 nitrogen and oxygen atoms in total. The SMILES string of the molecule is Cl.N.[2H]C([2H])(C)c1ccc(Br)cc1.[2H]C([2H])(C)c1ccc(C#N)cc1.[2H]C([2H])(Cl)c1ccc(Br)cc1.[2H]C([2H])(N)c1ccc(C#N)cc1. The number of rotatable bonds is 4. The van der Waals surface area contributed by atoms with E-state index in [0.717, 1.165) is 8.95 Å². The summed E-state index contributed by atoms with van der Waals surface area (Å²) in [5.41, 5.74) is 8.42. The van der Waals surface area contributed by atoms with Crippen molar-refractivity contribution in [3.63, 3.8) is 0 Å². The summed E-state index contributed by atoms with van der Waals surface area (Å²) in [5.74, 6) is -1.76. The Morgan fingerprint density at radius 2 is 0.950 bits per heavy atom. The minimum Gasteiger partial charge on any atom is -0.344 e. The molecular formula is C32H36Br2Cl2N4. The first-order chi connectivity index (χ1) is 21.1. The molecule has 0 aliphatic carbocycles. The number of aryl methyl sites for hydroxylation is 2. The van der Waals surface area contributed by atoms with Gasteiger partial charge in [0.2, 0.25) is 0 Å². The van der Waals surface area contributed by atoms with Gasteiger partial charge in [0, 0.05) is 32.2 Å². The van der Waals surface area contributed by atoms with E-state index >= 15 is 0 Å². The lowest BCUT2D eigenvalue weighted by Crippen LogP contribution is -1.94. The molecular weight excluding hydrogens is 671 g/mol. The van der Waals surface area contributed by atoms with Crippen LogP contribution in [0.1, 0.15) is 58.2 Å². The Bertz CT molecular complexity index is 1470. The van der Waals surface area contributed by atoms with Gasteiger partial charge in [-0.3, -0.25) is 0 Å². The molecule has 4 rings (SSSR count). The Morgan fingerprint density at radius 1 is 0.650 bits per heavy atom. The average Bonchev–Trinajstić information content (AvgIpc) is 2.97. The number of nitrogens with two attached hydrogens (primary N) is 1. The van der Waals surface area contributed by atoms with Crippen molar-refractivity contribution in [3.05, 3.63) is 139 Å². The highest BCUT2D eigenvalue weighted by Crippen LogP contribution is 2.12. The van der Waals surface area contributed by atoms with Crippen molar-refractivity contribution in [3.8, 4) is 12.1 Å². The second kappa shape index (κ2) is 24.1. The van der Waals surface area contributed by atoms with Crippen LogP contribution in [0.2, 0.25) is 0 Å². The zero-order valence-electron chi connectivity index (χ0n) is 30.0. The van der Waals surface area contributed by atoms with Gasteiger partial charge >= 0.3 is 0 Å². The van der Waals surface area contributed by atoms with Gasteiger partial charge in [0.1, 0.15) is 0 Å². The van der Waals surface area contributed by atoms with Crippen molar-refractivity contribution in [1.82, 2.24) is 6.15 Å². The predicted molar refractivity (Wildman–Crippen MR) is 179 cm³/mol. The van der Waals surface area contributed by atoms with Gasteiger partial charge in [-0.25, -0.2) is 0 Å². The van der Waals surface area contributed by atoms with Gasteiger partial charge in [0.05, 0.1) is 23.3 Å². The molecule has 8 heteroatoms. The summed E-state index contributed by atoms with van der Waals surface area (Å²) in [4.78, 5) is 0. The third-order valence-corrected chi connectivity index (χ3v) is 5.85. The largest absolute Gasteiger partial charge is 0.344 e. The molecule has 0 atom stereocenters. The first kappa shape index (κ1) is 26.2. The lowest BCUT2D eigenvalue weighted by atomic mass is 10.1. The fourth-order valence-electron chi connectivity index (χ4n) is 2.48. The van der Waals surface area contributed by atoms with Crippen molar-refractivity contribution in [2.24, 2.45) is 5.73 Å². The van der Waals surface area contributed by atoms with Gasteiger partial charge in [-0.15, -0.1) is 24.0 Å². The van der Waals surface area contributed by atoms with E-state index in [1.807, 2.05) is 24.3 Å². The lowest BCUT2D eigenvalue weighted by molar-refractivity contribution is 1.07. The molecule has 0 heterocycles. The van der Waals surface area contributed by atoms with E-state index in [1.54, 1.807) is 79.7 Å². The summed E-state index contributed by atoms with van der Waals surface area (Å²) in [6, 6.07) is 30.6. The van der Waals surface area contributed by atoms with Crippen LogP contribution in [0, 0.1) is 22.7 Å². The molecule has 0 aliphatic heterocycles. The van der Waals surface area contributed by atoms with E-state index in [9.17, 15) is 0 Å². The molecule has 0 aromatic heterocycles. The van der Waals surface area contributed by atoms with Gasteiger partial charge in [-0.2, -0.15) is 10.5 Å². The quantitative estimate of drug-likeness (QED) is 0.205. The maximum atomic E-state index is 8.49. The van der Waals surface area contributed by atoms with Crippen LogP contribution in [0.4, 0.5) is 0 Å². The molecule has 0 fully saturated rings. The van der Waals surface area contributed by atoms with E-state index in [2.05, 4.69) is 31.9 Å². The zero-order valence-corrected chi connectivity index (χ0v) is 26.7. The average molecular weight is 715 g/mol. The fraction of sp³-hybridized carbons (Fsp3) is 0.188. The van der Waals surface area contributed by atoms with Gasteiger partial charge in [0.25, 0.3) is 0 Å². The molecule has 0 radical (unpaired) electrons. The van der Waals surface area contributed by atoms with E-state index in [4.69, 9.17) is 38.8 Å². The minimum atomic E-state index is -1.83. The predicted octanol–water partition coefficient (Wildman–Crippen LogP) is 9.92. The number of hydrogen-bond acceptors (Lipinski definition) is 4.